The van der Waals surface area contributed by atoms with Crippen LogP contribution < -0.4 is 9.54 Å². The number of sulfone groups is 1. The average Bonchev–Trinajstić information content (AvgIpc) is 2.69. The number of nitrogens with zero attached hydrogens (tertiary/aromatic N) is 1. The number of nitrogens with one attached hydrogen (secondary N) is 1. The van der Waals surface area contributed by atoms with Crippen LogP contribution in [-0.4, -0.2) is 30.9 Å². The van der Waals surface area contributed by atoms with E-state index in [4.69, 9.17) is 5.41 Å². The van der Waals surface area contributed by atoms with E-state index in [-0.39, 0.29) is 28.6 Å². The van der Waals surface area contributed by atoms with E-state index < -0.39 is 16.2 Å². The number of alkyl halides is 3. The summed E-state index contributed by atoms with van der Waals surface area (Å²) in [6.45, 7) is 1.63. The number of halogens is 3. The summed E-state index contributed by atoms with van der Waals surface area (Å²) in [6, 6.07) is 3.73. The third kappa shape index (κ3) is 4.01. The normalized spacial score (nSPS) is 12.7. The predicted molar refractivity (Wildman–Crippen MR) is 76.7 cm³/mol. The summed E-state index contributed by atoms with van der Waals surface area (Å²) in [6.07, 6.45) is -4.78. The van der Waals surface area contributed by atoms with Gasteiger partial charge in [0.2, 0.25) is 0 Å². The van der Waals surface area contributed by atoms with E-state index in [9.17, 15) is 21.6 Å². The fourth-order valence-electron chi connectivity index (χ4n) is 1.86. The van der Waals surface area contributed by atoms with Crippen molar-refractivity contribution in [3.05, 3.63) is 23.0 Å². The summed E-state index contributed by atoms with van der Waals surface area (Å²) >= 11 is 0.965. The number of hydrogen-bond donors (Lipinski definition) is 1. The second-order valence-corrected chi connectivity index (χ2v) is 7.98. The van der Waals surface area contributed by atoms with Crippen molar-refractivity contribution in [2.75, 3.05) is 11.5 Å². The standard InChI is InChI=1S/C12H13F3N2O3S2/c1-2-22(18,19)6-5-17-9-4-3-8(20-12(13,14)15)7-10(9)21-11(17)16/h3-4,7,16H,2,5-6H2,1H3. The molecule has 0 atom stereocenters. The first-order valence-electron chi connectivity index (χ1n) is 6.25. The summed E-state index contributed by atoms with van der Waals surface area (Å²) < 4.78 is 65.4. The van der Waals surface area contributed by atoms with Crippen LogP contribution in [0.4, 0.5) is 13.2 Å². The second-order valence-electron chi connectivity index (χ2n) is 4.47. The van der Waals surface area contributed by atoms with Crippen LogP contribution in [0.2, 0.25) is 0 Å². The zero-order valence-corrected chi connectivity index (χ0v) is 13.1. The van der Waals surface area contributed by atoms with Crippen molar-refractivity contribution in [3.63, 3.8) is 0 Å². The highest BCUT2D eigenvalue weighted by molar-refractivity contribution is 7.91. The van der Waals surface area contributed by atoms with Gasteiger partial charge in [0.05, 0.1) is 16.0 Å². The van der Waals surface area contributed by atoms with E-state index in [1.54, 1.807) is 0 Å². The maximum absolute atomic E-state index is 12.2. The molecular formula is C12H13F3N2O3S2. The van der Waals surface area contributed by atoms with Crippen LogP contribution in [0.3, 0.4) is 0 Å². The van der Waals surface area contributed by atoms with Gasteiger partial charge in [-0.3, -0.25) is 5.41 Å². The van der Waals surface area contributed by atoms with Crippen molar-refractivity contribution in [2.24, 2.45) is 0 Å². The molecule has 1 aromatic carbocycles. The number of aromatic nitrogens is 1. The van der Waals surface area contributed by atoms with E-state index in [2.05, 4.69) is 4.74 Å². The van der Waals surface area contributed by atoms with Crippen LogP contribution in [0, 0.1) is 5.41 Å². The highest BCUT2D eigenvalue weighted by Gasteiger charge is 2.31. The molecule has 0 bridgehead atoms. The third-order valence-electron chi connectivity index (χ3n) is 2.97. The number of aryl methyl sites for hydroxylation is 1. The molecule has 0 aliphatic carbocycles. The lowest BCUT2D eigenvalue weighted by Crippen LogP contribution is -2.20. The first-order valence-corrected chi connectivity index (χ1v) is 8.89. The number of fused-ring (bicyclic) bond motifs is 1. The molecule has 1 N–H and O–H groups in total. The molecule has 5 nitrogen and oxygen atoms in total. The Morgan fingerprint density at radius 3 is 2.64 bits per heavy atom. The van der Waals surface area contributed by atoms with Crippen LogP contribution in [0.1, 0.15) is 6.92 Å². The van der Waals surface area contributed by atoms with Gasteiger partial charge in [0.25, 0.3) is 0 Å². The molecule has 0 unspecified atom stereocenters. The zero-order chi connectivity index (χ0) is 16.5. The largest absolute Gasteiger partial charge is 0.573 e. The van der Waals surface area contributed by atoms with Crippen molar-refractivity contribution in [2.45, 2.75) is 19.8 Å². The lowest BCUT2D eigenvalue weighted by atomic mass is 10.3. The van der Waals surface area contributed by atoms with Crippen LogP contribution in [0.25, 0.3) is 10.2 Å². The molecule has 0 saturated heterocycles. The average molecular weight is 354 g/mol. The number of ether oxygens (including phenoxy) is 1. The van der Waals surface area contributed by atoms with E-state index in [1.807, 2.05) is 0 Å². The predicted octanol–water partition coefficient (Wildman–Crippen LogP) is 2.52. The minimum atomic E-state index is -4.78. The highest BCUT2D eigenvalue weighted by atomic mass is 32.2. The smallest absolute Gasteiger partial charge is 0.406 e. The Morgan fingerprint density at radius 1 is 1.36 bits per heavy atom. The van der Waals surface area contributed by atoms with Gasteiger partial charge < -0.3 is 9.30 Å². The molecular weight excluding hydrogens is 341 g/mol. The molecule has 122 valence electrons. The number of rotatable bonds is 5. The lowest BCUT2D eigenvalue weighted by molar-refractivity contribution is -0.274. The minimum absolute atomic E-state index is 0.00648. The Kier molecular flexibility index (Phi) is 4.52. The fraction of sp³-hybridized carbons (Fsp3) is 0.417. The Labute approximate surface area is 128 Å². The quantitative estimate of drug-likeness (QED) is 0.897. The van der Waals surface area contributed by atoms with Gasteiger partial charge in [-0.2, -0.15) is 0 Å². The van der Waals surface area contributed by atoms with E-state index in [0.717, 1.165) is 17.4 Å². The van der Waals surface area contributed by atoms with Gasteiger partial charge in [0.15, 0.2) is 14.6 Å². The molecule has 1 aromatic heterocycles. The van der Waals surface area contributed by atoms with Crippen molar-refractivity contribution in [1.82, 2.24) is 4.57 Å². The van der Waals surface area contributed by atoms with Gasteiger partial charge in [-0.1, -0.05) is 18.3 Å². The molecule has 0 radical (unpaired) electrons. The molecule has 22 heavy (non-hydrogen) atoms. The Morgan fingerprint density at radius 2 is 2.05 bits per heavy atom. The molecule has 0 spiro atoms. The number of thiazole rings is 1. The molecule has 0 aliphatic rings. The Bertz CT molecular complexity index is 837. The van der Waals surface area contributed by atoms with Gasteiger partial charge in [0.1, 0.15) is 5.75 Å². The monoisotopic (exact) mass is 354 g/mol. The first-order chi connectivity index (χ1) is 10.1. The molecule has 1 heterocycles. The molecule has 0 amide bonds. The van der Waals surface area contributed by atoms with Gasteiger partial charge in [-0.25, -0.2) is 8.42 Å². The third-order valence-corrected chi connectivity index (χ3v) is 5.62. The van der Waals surface area contributed by atoms with E-state index in [0.29, 0.717) is 10.2 Å². The zero-order valence-electron chi connectivity index (χ0n) is 11.5. The van der Waals surface area contributed by atoms with Gasteiger partial charge in [0, 0.05) is 12.3 Å². The Hall–Kier alpha value is -1.55. The molecule has 0 saturated carbocycles. The van der Waals surface area contributed by atoms with Crippen molar-refractivity contribution in [3.8, 4) is 5.75 Å². The van der Waals surface area contributed by atoms with Crippen molar-refractivity contribution < 1.29 is 26.3 Å². The van der Waals surface area contributed by atoms with Gasteiger partial charge in [-0.15, -0.1) is 13.2 Å². The summed E-state index contributed by atoms with van der Waals surface area (Å²) in [5.41, 5.74) is 0.510. The highest BCUT2D eigenvalue weighted by Crippen LogP contribution is 2.27. The van der Waals surface area contributed by atoms with Crippen molar-refractivity contribution >= 4 is 31.4 Å². The molecule has 2 rings (SSSR count). The maximum Gasteiger partial charge on any atom is 0.573 e. The van der Waals surface area contributed by atoms with Crippen molar-refractivity contribution in [1.29, 1.82) is 5.41 Å². The number of hydrogen-bond acceptors (Lipinski definition) is 5. The van der Waals surface area contributed by atoms with E-state index in [1.165, 1.54) is 23.6 Å². The summed E-state index contributed by atoms with van der Waals surface area (Å²) in [7, 11) is -3.19. The van der Waals surface area contributed by atoms with Crippen LogP contribution in [0.15, 0.2) is 18.2 Å². The summed E-state index contributed by atoms with van der Waals surface area (Å²) in [4.78, 5) is 0.0745. The molecule has 0 fully saturated rings. The SMILES string of the molecule is CCS(=O)(=O)CCn1c(=N)sc2cc(OC(F)(F)F)ccc21. The van der Waals surface area contributed by atoms with Crippen LogP contribution in [0.5, 0.6) is 5.75 Å². The summed E-state index contributed by atoms with van der Waals surface area (Å²) in [5.74, 6) is -0.478. The number of benzene rings is 1. The first kappa shape index (κ1) is 16.8. The van der Waals surface area contributed by atoms with Crippen LogP contribution in [-0.2, 0) is 16.4 Å². The topological polar surface area (TPSA) is 72.2 Å². The summed E-state index contributed by atoms with van der Waals surface area (Å²) in [5, 5.41) is 7.84. The molecule has 10 heteroatoms. The van der Waals surface area contributed by atoms with E-state index >= 15 is 0 Å². The minimum Gasteiger partial charge on any atom is -0.406 e. The fourth-order valence-corrected chi connectivity index (χ4v) is 3.58. The lowest BCUT2D eigenvalue weighted by Gasteiger charge is -2.09. The second kappa shape index (κ2) is 5.92. The molecule has 2 aromatic rings. The Balaban J connectivity index is 2.34. The van der Waals surface area contributed by atoms with Gasteiger partial charge in [-0.05, 0) is 18.2 Å². The molecule has 0 aliphatic heterocycles. The van der Waals surface area contributed by atoms with Gasteiger partial charge >= 0.3 is 6.36 Å². The maximum atomic E-state index is 12.2. The van der Waals surface area contributed by atoms with Crippen LogP contribution >= 0.6 is 11.3 Å².